The van der Waals surface area contributed by atoms with Gasteiger partial charge in [-0.3, -0.25) is 9.59 Å². The van der Waals surface area contributed by atoms with Crippen LogP contribution < -0.4 is 5.73 Å². The van der Waals surface area contributed by atoms with E-state index < -0.39 is 0 Å². The molecule has 1 amide bonds. The number of likely N-dealkylation sites (tertiary alicyclic amines) is 1. The van der Waals surface area contributed by atoms with Crippen molar-refractivity contribution < 1.29 is 9.59 Å². The summed E-state index contributed by atoms with van der Waals surface area (Å²) in [5, 5.41) is 5.59. The number of nitrogens with zero attached hydrogens (tertiary/aromatic N) is 6. The van der Waals surface area contributed by atoms with Gasteiger partial charge in [-0.1, -0.05) is 55.1 Å². The van der Waals surface area contributed by atoms with Crippen LogP contribution in [0.5, 0.6) is 0 Å². The Kier molecular flexibility index (Phi) is 6.96. The Morgan fingerprint density at radius 3 is 2.71 bits per heavy atom. The van der Waals surface area contributed by atoms with E-state index in [0.717, 1.165) is 24.0 Å². The van der Waals surface area contributed by atoms with Crippen molar-refractivity contribution in [3.05, 3.63) is 90.1 Å². The van der Waals surface area contributed by atoms with E-state index in [9.17, 15) is 9.59 Å². The van der Waals surface area contributed by atoms with Crippen LogP contribution >= 0.6 is 0 Å². The number of piperidine rings is 1. The first-order valence-corrected chi connectivity index (χ1v) is 12.5. The molecular weight excluding hydrogens is 478 g/mol. The van der Waals surface area contributed by atoms with Crippen molar-refractivity contribution in [1.29, 1.82) is 0 Å². The van der Waals surface area contributed by atoms with Gasteiger partial charge in [-0.15, -0.1) is 0 Å². The van der Waals surface area contributed by atoms with Gasteiger partial charge >= 0.3 is 0 Å². The fourth-order valence-electron chi connectivity index (χ4n) is 4.96. The van der Waals surface area contributed by atoms with Gasteiger partial charge in [-0.2, -0.15) is 5.10 Å². The molecule has 9 nitrogen and oxygen atoms in total. The van der Waals surface area contributed by atoms with Crippen molar-refractivity contribution in [1.82, 2.24) is 24.6 Å². The Hall–Kier alpha value is -4.84. The molecule has 0 radical (unpaired) electrons. The van der Waals surface area contributed by atoms with Crippen LogP contribution in [0.25, 0.3) is 27.1 Å². The molecule has 1 atom stereocenters. The van der Waals surface area contributed by atoms with Gasteiger partial charge in [0.1, 0.15) is 17.8 Å². The number of Topliss-reactive ketones (excluding diaryl/α,β-unsaturated/α-hetero) is 1. The second-order valence-electron chi connectivity index (χ2n) is 9.28. The average Bonchev–Trinajstić information content (AvgIpc) is 3.37. The Balaban J connectivity index is 1.39. The molecule has 3 heterocycles. The van der Waals surface area contributed by atoms with Crippen molar-refractivity contribution >= 4 is 34.2 Å². The van der Waals surface area contributed by atoms with Crippen molar-refractivity contribution in [3.8, 4) is 11.3 Å². The summed E-state index contributed by atoms with van der Waals surface area (Å²) in [4.78, 5) is 38.8. The third-order valence-electron chi connectivity index (χ3n) is 6.94. The third kappa shape index (κ3) is 4.76. The van der Waals surface area contributed by atoms with Crippen LogP contribution in [0.15, 0.2) is 67.5 Å². The molecule has 2 aromatic carbocycles. The Morgan fingerprint density at radius 1 is 1.16 bits per heavy atom. The topological polar surface area (TPSA) is 111 Å². The summed E-state index contributed by atoms with van der Waals surface area (Å²) in [5.74, 6) is 0.207. The Morgan fingerprint density at radius 2 is 1.95 bits per heavy atom. The number of aryl methyl sites for hydroxylation is 1. The van der Waals surface area contributed by atoms with Crippen LogP contribution in [0.4, 0.5) is 11.5 Å². The van der Waals surface area contributed by atoms with Crippen LogP contribution in [0, 0.1) is 6.57 Å². The number of fused-ring (bicyclic) bond motifs is 1. The zero-order valence-electron chi connectivity index (χ0n) is 20.9. The molecule has 0 saturated carbocycles. The van der Waals surface area contributed by atoms with E-state index in [1.54, 1.807) is 29.2 Å². The number of rotatable bonds is 7. The summed E-state index contributed by atoms with van der Waals surface area (Å²) in [5.41, 5.74) is 10.3. The van der Waals surface area contributed by atoms with Crippen molar-refractivity contribution in [2.45, 2.75) is 31.7 Å². The number of benzene rings is 2. The normalized spacial score (nSPS) is 15.2. The second-order valence-corrected chi connectivity index (χ2v) is 9.28. The Bertz CT molecular complexity index is 1570. The van der Waals surface area contributed by atoms with Gasteiger partial charge in [0, 0.05) is 30.6 Å². The number of nitrogens with two attached hydrogens (primary N) is 1. The largest absolute Gasteiger partial charge is 0.383 e. The summed E-state index contributed by atoms with van der Waals surface area (Å²) < 4.78 is 1.87. The van der Waals surface area contributed by atoms with E-state index >= 15 is 0 Å². The molecule has 0 aliphatic carbocycles. The van der Waals surface area contributed by atoms with Crippen LogP contribution in [0.1, 0.15) is 41.2 Å². The first-order chi connectivity index (χ1) is 18.5. The number of nitrogen functional groups attached to an aromatic ring is 1. The maximum absolute atomic E-state index is 12.7. The van der Waals surface area contributed by atoms with Gasteiger partial charge in [-0.25, -0.2) is 19.5 Å². The molecule has 2 N–H and O–H groups in total. The highest BCUT2D eigenvalue weighted by atomic mass is 16.2. The number of carbonyl (C=O) groups is 2. The minimum atomic E-state index is -0.0906. The number of anilines is 1. The molecule has 0 unspecified atom stereocenters. The lowest BCUT2D eigenvalue weighted by Crippen LogP contribution is -2.40. The number of carbonyl (C=O) groups excluding carboxylic acids is 2. The highest BCUT2D eigenvalue weighted by molar-refractivity contribution is 6.01. The SMILES string of the molecule is [C-]#[N+]c1ccccc1C(=O)CCc1ccc(-c2nn([C@@H]3CCCN(C(=O)C=C)C3)c3ncnc(N)c23)cc1. The van der Waals surface area contributed by atoms with Gasteiger partial charge in [0.15, 0.2) is 17.1 Å². The van der Waals surface area contributed by atoms with E-state index in [4.69, 9.17) is 17.4 Å². The lowest BCUT2D eigenvalue weighted by Gasteiger charge is -2.32. The van der Waals surface area contributed by atoms with Gasteiger partial charge in [0.2, 0.25) is 5.91 Å². The smallest absolute Gasteiger partial charge is 0.246 e. The first kappa shape index (κ1) is 24.8. The number of aromatic nitrogens is 4. The summed E-state index contributed by atoms with van der Waals surface area (Å²) in [6.45, 7) is 12.1. The molecule has 0 bridgehead atoms. The van der Waals surface area contributed by atoms with Gasteiger partial charge in [0.05, 0.1) is 18.0 Å². The van der Waals surface area contributed by atoms with Crippen LogP contribution in [0.3, 0.4) is 0 Å². The molecule has 0 spiro atoms. The number of hydrogen-bond acceptors (Lipinski definition) is 6. The Labute approximate surface area is 220 Å². The van der Waals surface area contributed by atoms with Gasteiger partial charge in [0.25, 0.3) is 0 Å². The summed E-state index contributed by atoms with van der Waals surface area (Å²) in [7, 11) is 0. The molecule has 190 valence electrons. The summed E-state index contributed by atoms with van der Waals surface area (Å²) in [6.07, 6.45) is 5.36. The molecule has 5 rings (SSSR count). The van der Waals surface area contributed by atoms with E-state index in [2.05, 4.69) is 21.4 Å². The predicted molar refractivity (Wildman–Crippen MR) is 146 cm³/mol. The maximum Gasteiger partial charge on any atom is 0.246 e. The number of hydrogen-bond donors (Lipinski definition) is 1. The summed E-state index contributed by atoms with van der Waals surface area (Å²) in [6, 6.07) is 14.7. The predicted octanol–water partition coefficient (Wildman–Crippen LogP) is 4.79. The molecule has 38 heavy (non-hydrogen) atoms. The monoisotopic (exact) mass is 505 g/mol. The van der Waals surface area contributed by atoms with Gasteiger partial charge < -0.3 is 10.6 Å². The van der Waals surface area contributed by atoms with Crippen LogP contribution in [-0.2, 0) is 11.2 Å². The van der Waals surface area contributed by atoms with E-state index in [1.807, 2.05) is 28.9 Å². The molecule has 1 aliphatic rings. The van der Waals surface area contributed by atoms with Crippen molar-refractivity contribution in [2.75, 3.05) is 18.8 Å². The van der Waals surface area contributed by atoms with Crippen LogP contribution in [-0.4, -0.2) is 49.4 Å². The lowest BCUT2D eigenvalue weighted by atomic mass is 10.00. The van der Waals surface area contributed by atoms with Gasteiger partial charge in [-0.05, 0) is 30.9 Å². The maximum atomic E-state index is 12.7. The van der Waals surface area contributed by atoms with Crippen LogP contribution in [0.2, 0.25) is 0 Å². The highest BCUT2D eigenvalue weighted by Crippen LogP contribution is 2.34. The fourth-order valence-corrected chi connectivity index (χ4v) is 4.96. The standard InChI is InChI=1S/C29H27N7O2/c1-3-25(38)35-16-6-7-21(17-35)36-29-26(28(30)32-18-33-29)27(34-36)20-13-10-19(11-14-20)12-15-24(37)22-8-4-5-9-23(22)31-2/h3-5,8-11,13-14,18,21H,1,6-7,12,15-17H2,(H2,30,32,33)/t21-/m1/s1. The van der Waals surface area contributed by atoms with Crippen molar-refractivity contribution in [3.63, 3.8) is 0 Å². The molecular formula is C29H27N7O2. The van der Waals surface area contributed by atoms with E-state index in [0.29, 0.717) is 59.7 Å². The number of amides is 1. The third-order valence-corrected chi connectivity index (χ3v) is 6.94. The average molecular weight is 506 g/mol. The first-order valence-electron chi connectivity index (χ1n) is 12.5. The molecule has 2 aromatic heterocycles. The molecule has 1 fully saturated rings. The molecule has 4 aromatic rings. The lowest BCUT2D eigenvalue weighted by molar-refractivity contribution is -0.127. The molecule has 9 heteroatoms. The zero-order chi connectivity index (χ0) is 26.6. The fraction of sp³-hybridized carbons (Fsp3) is 0.241. The quantitative estimate of drug-likeness (QED) is 0.220. The minimum Gasteiger partial charge on any atom is -0.383 e. The zero-order valence-corrected chi connectivity index (χ0v) is 20.9. The number of ketones is 1. The molecule has 1 saturated heterocycles. The van der Waals surface area contributed by atoms with E-state index in [-0.39, 0.29) is 17.7 Å². The number of para-hydroxylation sites is 1. The van der Waals surface area contributed by atoms with E-state index in [1.165, 1.54) is 12.4 Å². The highest BCUT2D eigenvalue weighted by Gasteiger charge is 2.28. The second kappa shape index (κ2) is 10.6. The molecule has 1 aliphatic heterocycles. The van der Waals surface area contributed by atoms with Crippen molar-refractivity contribution in [2.24, 2.45) is 0 Å². The minimum absolute atomic E-state index is 0.0400. The summed E-state index contributed by atoms with van der Waals surface area (Å²) >= 11 is 0.